The molecule has 1 heterocycles. The second kappa shape index (κ2) is 2.49. The Morgan fingerprint density at radius 3 is 2.36 bits per heavy atom. The molecule has 0 aliphatic carbocycles. The van der Waals surface area contributed by atoms with Crippen molar-refractivity contribution in [3.05, 3.63) is 10.4 Å². The molecule has 0 saturated carbocycles. The number of amides is 1. The third-order valence-corrected chi connectivity index (χ3v) is 3.63. The number of sulfonamides is 1. The van der Waals surface area contributed by atoms with Crippen LogP contribution in [-0.2, 0) is 14.8 Å². The van der Waals surface area contributed by atoms with Gasteiger partial charge in [-0.05, 0) is 6.92 Å². The van der Waals surface area contributed by atoms with E-state index in [9.17, 15) is 13.2 Å². The molecule has 4 nitrogen and oxygen atoms in total. The summed E-state index contributed by atoms with van der Waals surface area (Å²) < 4.78 is 22.4. The van der Waals surface area contributed by atoms with E-state index in [1.807, 2.05) is 0 Å². The van der Waals surface area contributed by atoms with Crippen molar-refractivity contribution < 1.29 is 13.2 Å². The minimum absolute atomic E-state index is 0.119. The summed E-state index contributed by atoms with van der Waals surface area (Å²) in [4.78, 5) is 10.8. The molecule has 11 heavy (non-hydrogen) atoms. The number of hydrogen-bond donors (Lipinski definition) is 0. The van der Waals surface area contributed by atoms with Crippen molar-refractivity contribution in [2.75, 3.05) is 6.54 Å². The van der Waals surface area contributed by atoms with E-state index < -0.39 is 20.3 Å². The Morgan fingerprint density at radius 1 is 1.64 bits per heavy atom. The summed E-state index contributed by atoms with van der Waals surface area (Å²) in [6.45, 7) is 1.69. The fourth-order valence-electron chi connectivity index (χ4n) is 0.793. The standard InChI is InChI=1S/C5H6ClNO3S/c1-2-7-5(8)3-4(6)11(7,9)10/h3H,2H2,1H3. The molecular weight excluding hydrogens is 190 g/mol. The molecule has 0 saturated heterocycles. The maximum absolute atomic E-state index is 11.0. The molecule has 0 bridgehead atoms. The molecule has 0 atom stereocenters. The maximum Gasteiger partial charge on any atom is 0.277 e. The van der Waals surface area contributed by atoms with Crippen LogP contribution in [0.2, 0.25) is 0 Å². The number of nitrogens with zero attached hydrogens (tertiary/aromatic N) is 1. The number of likely N-dealkylation sites (N-methyl/N-ethyl adjacent to an activating group) is 1. The zero-order valence-electron chi connectivity index (χ0n) is 5.74. The number of carbonyl (C=O) groups is 1. The van der Waals surface area contributed by atoms with Crippen LogP contribution in [0.3, 0.4) is 0 Å². The summed E-state index contributed by atoms with van der Waals surface area (Å²) in [5, 5.41) is 0. The first-order valence-electron chi connectivity index (χ1n) is 2.94. The Bertz CT molecular complexity index is 319. The zero-order chi connectivity index (χ0) is 8.65. The molecule has 0 aromatic rings. The van der Waals surface area contributed by atoms with Gasteiger partial charge in [0.05, 0.1) is 0 Å². The van der Waals surface area contributed by atoms with Crippen LogP contribution in [0.25, 0.3) is 0 Å². The monoisotopic (exact) mass is 195 g/mol. The highest BCUT2D eigenvalue weighted by Crippen LogP contribution is 2.23. The van der Waals surface area contributed by atoms with E-state index in [-0.39, 0.29) is 6.54 Å². The summed E-state index contributed by atoms with van der Waals surface area (Å²) in [7, 11) is -3.65. The van der Waals surface area contributed by atoms with Crippen LogP contribution >= 0.6 is 11.6 Å². The van der Waals surface area contributed by atoms with Gasteiger partial charge in [-0.2, -0.15) is 0 Å². The van der Waals surface area contributed by atoms with Crippen molar-refractivity contribution >= 4 is 27.5 Å². The zero-order valence-corrected chi connectivity index (χ0v) is 7.32. The van der Waals surface area contributed by atoms with E-state index in [1.54, 1.807) is 6.92 Å². The van der Waals surface area contributed by atoms with Crippen molar-refractivity contribution in [1.82, 2.24) is 4.31 Å². The number of halogens is 1. The fraction of sp³-hybridized carbons (Fsp3) is 0.400. The van der Waals surface area contributed by atoms with Gasteiger partial charge in [0.2, 0.25) is 0 Å². The van der Waals surface area contributed by atoms with Crippen LogP contribution in [0.5, 0.6) is 0 Å². The molecular formula is C5H6ClNO3S. The van der Waals surface area contributed by atoms with Crippen LogP contribution in [0.15, 0.2) is 10.4 Å². The van der Waals surface area contributed by atoms with Crippen LogP contribution in [-0.4, -0.2) is 25.2 Å². The van der Waals surface area contributed by atoms with Crippen molar-refractivity contribution in [2.45, 2.75) is 6.92 Å². The second-order valence-corrected chi connectivity index (χ2v) is 4.42. The molecule has 0 N–H and O–H groups in total. The van der Waals surface area contributed by atoms with Gasteiger partial charge in [0, 0.05) is 12.6 Å². The second-order valence-electron chi connectivity index (χ2n) is 1.96. The molecule has 0 aromatic carbocycles. The van der Waals surface area contributed by atoms with Gasteiger partial charge in [-0.3, -0.25) is 4.79 Å². The molecule has 62 valence electrons. The van der Waals surface area contributed by atoms with Crippen molar-refractivity contribution in [2.24, 2.45) is 0 Å². The fourth-order valence-corrected chi connectivity index (χ4v) is 2.23. The Hall–Kier alpha value is -0.550. The van der Waals surface area contributed by atoms with E-state index in [0.717, 1.165) is 10.4 Å². The molecule has 1 rings (SSSR count). The van der Waals surface area contributed by atoms with Crippen LogP contribution in [0, 0.1) is 0 Å². The lowest BCUT2D eigenvalue weighted by atomic mass is 10.6. The quantitative estimate of drug-likeness (QED) is 0.603. The molecule has 0 aromatic heterocycles. The number of carbonyl (C=O) groups excluding carboxylic acids is 1. The maximum atomic E-state index is 11.0. The van der Waals surface area contributed by atoms with Crippen LogP contribution in [0.4, 0.5) is 0 Å². The van der Waals surface area contributed by atoms with Crippen molar-refractivity contribution in [3.8, 4) is 0 Å². The van der Waals surface area contributed by atoms with Gasteiger partial charge in [-0.25, -0.2) is 12.7 Å². The highest BCUT2D eigenvalue weighted by molar-refractivity contribution is 7.95. The summed E-state index contributed by atoms with van der Waals surface area (Å²) >= 11 is 5.28. The third-order valence-electron chi connectivity index (χ3n) is 1.31. The summed E-state index contributed by atoms with van der Waals surface area (Å²) in [6, 6.07) is 0. The summed E-state index contributed by atoms with van der Waals surface area (Å²) in [5.41, 5.74) is 0. The first-order valence-corrected chi connectivity index (χ1v) is 4.76. The van der Waals surface area contributed by atoms with Gasteiger partial charge in [-0.15, -0.1) is 0 Å². The van der Waals surface area contributed by atoms with E-state index in [1.165, 1.54) is 0 Å². The summed E-state index contributed by atoms with van der Waals surface area (Å²) in [5.74, 6) is -0.572. The Labute approximate surface area is 69.5 Å². The molecule has 1 aliphatic rings. The number of hydrogen-bond acceptors (Lipinski definition) is 3. The predicted octanol–water partition coefficient (Wildman–Crippen LogP) is 0.259. The largest absolute Gasteiger partial charge is 0.277 e. The van der Waals surface area contributed by atoms with Gasteiger partial charge >= 0.3 is 0 Å². The molecule has 0 radical (unpaired) electrons. The first-order chi connectivity index (χ1) is 5.00. The third kappa shape index (κ3) is 1.14. The normalized spacial score (nSPS) is 22.2. The average Bonchev–Trinajstić information content (AvgIpc) is 2.04. The molecule has 6 heteroatoms. The molecule has 0 unspecified atom stereocenters. The highest BCUT2D eigenvalue weighted by Gasteiger charge is 2.34. The summed E-state index contributed by atoms with van der Waals surface area (Å²) in [6.07, 6.45) is 0.903. The average molecular weight is 196 g/mol. The minimum atomic E-state index is -3.65. The Balaban J connectivity index is 3.17. The minimum Gasteiger partial charge on any atom is -0.269 e. The molecule has 0 fully saturated rings. The lowest BCUT2D eigenvalue weighted by Gasteiger charge is -2.11. The van der Waals surface area contributed by atoms with Crippen molar-refractivity contribution in [3.63, 3.8) is 0 Å². The van der Waals surface area contributed by atoms with Gasteiger partial charge in [0.1, 0.15) is 0 Å². The number of rotatable bonds is 1. The molecule has 1 amide bonds. The van der Waals surface area contributed by atoms with E-state index in [4.69, 9.17) is 11.6 Å². The van der Waals surface area contributed by atoms with E-state index in [0.29, 0.717) is 0 Å². The SMILES string of the molecule is CCN1C(=O)C=C(Cl)S1(=O)=O. The van der Waals surface area contributed by atoms with Gasteiger partial charge in [0.15, 0.2) is 4.36 Å². The lowest BCUT2D eigenvalue weighted by Crippen LogP contribution is -2.29. The Kier molecular flexibility index (Phi) is 1.94. The van der Waals surface area contributed by atoms with Crippen LogP contribution in [0.1, 0.15) is 6.92 Å². The predicted molar refractivity (Wildman–Crippen MR) is 40.2 cm³/mol. The van der Waals surface area contributed by atoms with Gasteiger partial charge < -0.3 is 0 Å². The topological polar surface area (TPSA) is 54.5 Å². The highest BCUT2D eigenvalue weighted by atomic mass is 35.5. The molecule has 0 spiro atoms. The van der Waals surface area contributed by atoms with E-state index >= 15 is 0 Å². The smallest absolute Gasteiger partial charge is 0.269 e. The van der Waals surface area contributed by atoms with Gasteiger partial charge in [0.25, 0.3) is 15.9 Å². The Morgan fingerprint density at radius 2 is 2.18 bits per heavy atom. The molecule has 1 aliphatic heterocycles. The van der Waals surface area contributed by atoms with Crippen molar-refractivity contribution in [1.29, 1.82) is 0 Å². The van der Waals surface area contributed by atoms with E-state index in [2.05, 4.69) is 0 Å². The lowest BCUT2D eigenvalue weighted by molar-refractivity contribution is -0.121. The first kappa shape index (κ1) is 8.55. The van der Waals surface area contributed by atoms with Gasteiger partial charge in [-0.1, -0.05) is 11.6 Å². The van der Waals surface area contributed by atoms with Crippen LogP contribution < -0.4 is 0 Å².